The molecule has 3 aromatic rings. The van der Waals surface area contributed by atoms with E-state index in [1.165, 1.54) is 22.6 Å². The number of nitrogens with zero attached hydrogens (tertiary/aromatic N) is 4. The molecule has 0 aliphatic carbocycles. The highest BCUT2D eigenvalue weighted by Crippen LogP contribution is 2.46. The van der Waals surface area contributed by atoms with Gasteiger partial charge in [-0.1, -0.05) is 62.4 Å². The second-order valence-corrected chi connectivity index (χ2v) is 7.32. The molecular weight excluding hydrogens is 332 g/mol. The number of imidazole rings is 1. The lowest BCUT2D eigenvalue weighted by Crippen LogP contribution is -2.34. The summed E-state index contributed by atoms with van der Waals surface area (Å²) in [5.41, 5.74) is 5.03. The Morgan fingerprint density at radius 2 is 1.52 bits per heavy atom. The summed E-state index contributed by atoms with van der Waals surface area (Å²) in [4.78, 5) is 9.50. The van der Waals surface area contributed by atoms with E-state index in [0.29, 0.717) is 5.92 Å². The summed E-state index contributed by atoms with van der Waals surface area (Å²) in [6.45, 7) is 6.74. The topological polar surface area (TPSA) is 24.3 Å². The Morgan fingerprint density at radius 3 is 2.07 bits per heavy atom. The first-order chi connectivity index (χ1) is 13.1. The van der Waals surface area contributed by atoms with Crippen molar-refractivity contribution in [3.05, 3.63) is 90.0 Å². The van der Waals surface area contributed by atoms with Crippen LogP contribution < -0.4 is 9.80 Å². The van der Waals surface area contributed by atoms with E-state index in [2.05, 4.69) is 108 Å². The highest BCUT2D eigenvalue weighted by atomic mass is 15.5. The molecule has 0 bridgehead atoms. The third kappa shape index (κ3) is 2.91. The van der Waals surface area contributed by atoms with E-state index < -0.39 is 0 Å². The molecule has 27 heavy (non-hydrogen) atoms. The van der Waals surface area contributed by atoms with E-state index in [1.807, 2.05) is 12.4 Å². The molecule has 4 nitrogen and oxygen atoms in total. The Balaban J connectivity index is 1.96. The Morgan fingerprint density at radius 1 is 0.889 bits per heavy atom. The van der Waals surface area contributed by atoms with Crippen LogP contribution in [0.4, 0.5) is 11.6 Å². The maximum atomic E-state index is 4.67. The van der Waals surface area contributed by atoms with Crippen LogP contribution in [0.3, 0.4) is 0 Å². The van der Waals surface area contributed by atoms with E-state index in [0.717, 1.165) is 5.95 Å². The van der Waals surface area contributed by atoms with E-state index in [9.17, 15) is 0 Å². The zero-order valence-corrected chi connectivity index (χ0v) is 16.4. The molecule has 0 saturated carbocycles. The molecule has 1 aliphatic heterocycles. The zero-order valence-electron chi connectivity index (χ0n) is 16.4. The fourth-order valence-corrected chi connectivity index (χ4v) is 4.07. The number of hydrogen-bond acceptors (Lipinski definition) is 3. The predicted molar refractivity (Wildman–Crippen MR) is 111 cm³/mol. The van der Waals surface area contributed by atoms with Crippen molar-refractivity contribution in [2.75, 3.05) is 9.80 Å². The summed E-state index contributed by atoms with van der Waals surface area (Å²) in [6.07, 6.45) is 3.91. The molecule has 138 valence electrons. The van der Waals surface area contributed by atoms with Gasteiger partial charge < -0.3 is 9.47 Å². The standard InChI is InChI=1S/C23H26N4/c1-17(2)21-18(3)26(23-24-15-16-25(23)4)22(19-11-7-5-8-12-19)27(21)20-13-9-6-10-14-20/h5-17,22H,1-4H3. The number of allylic oxidation sites excluding steroid dienone is 2. The molecule has 0 spiro atoms. The molecule has 4 heteroatoms. The lowest BCUT2D eigenvalue weighted by molar-refractivity contribution is 0.650. The average molecular weight is 358 g/mol. The SMILES string of the molecule is CC1=C(C(C)C)N(c2ccccc2)C(c2ccccc2)N1c1nccn1C. The van der Waals surface area contributed by atoms with Crippen LogP contribution in [0.25, 0.3) is 0 Å². The van der Waals surface area contributed by atoms with E-state index in [1.54, 1.807) is 0 Å². The minimum Gasteiger partial charge on any atom is -0.320 e. The first-order valence-corrected chi connectivity index (χ1v) is 9.46. The first-order valence-electron chi connectivity index (χ1n) is 9.46. The van der Waals surface area contributed by atoms with Gasteiger partial charge in [-0.05, 0) is 30.5 Å². The van der Waals surface area contributed by atoms with Crippen LogP contribution >= 0.6 is 0 Å². The predicted octanol–water partition coefficient (Wildman–Crippen LogP) is 5.33. The smallest absolute Gasteiger partial charge is 0.211 e. The molecule has 2 aromatic carbocycles. The molecule has 1 atom stereocenters. The molecule has 0 amide bonds. The van der Waals surface area contributed by atoms with Crippen LogP contribution in [-0.2, 0) is 7.05 Å². The quantitative estimate of drug-likeness (QED) is 0.630. The van der Waals surface area contributed by atoms with E-state index >= 15 is 0 Å². The molecule has 1 aliphatic rings. The van der Waals surface area contributed by atoms with Crippen LogP contribution in [-0.4, -0.2) is 9.55 Å². The Bertz CT molecular complexity index is 941. The summed E-state index contributed by atoms with van der Waals surface area (Å²) in [7, 11) is 2.05. The summed E-state index contributed by atoms with van der Waals surface area (Å²) < 4.78 is 2.09. The van der Waals surface area contributed by atoms with Crippen molar-refractivity contribution in [2.45, 2.75) is 26.9 Å². The van der Waals surface area contributed by atoms with Crippen molar-refractivity contribution in [2.24, 2.45) is 13.0 Å². The van der Waals surface area contributed by atoms with Crippen LogP contribution in [0, 0.1) is 5.92 Å². The van der Waals surface area contributed by atoms with Crippen LogP contribution in [0.15, 0.2) is 84.5 Å². The van der Waals surface area contributed by atoms with Gasteiger partial charge >= 0.3 is 0 Å². The average Bonchev–Trinajstić information content (AvgIpc) is 3.23. The largest absolute Gasteiger partial charge is 0.320 e. The maximum Gasteiger partial charge on any atom is 0.211 e. The van der Waals surface area contributed by atoms with Crippen LogP contribution in [0.1, 0.15) is 32.5 Å². The van der Waals surface area contributed by atoms with Crippen molar-refractivity contribution in [3.8, 4) is 0 Å². The van der Waals surface area contributed by atoms with Gasteiger partial charge in [0.05, 0.1) is 0 Å². The number of para-hydroxylation sites is 1. The number of anilines is 2. The number of hydrogen-bond donors (Lipinski definition) is 0. The van der Waals surface area contributed by atoms with Gasteiger partial charge in [-0.15, -0.1) is 0 Å². The molecule has 1 unspecified atom stereocenters. The van der Waals surface area contributed by atoms with Crippen molar-refractivity contribution >= 4 is 11.6 Å². The fraction of sp³-hybridized carbons (Fsp3) is 0.261. The van der Waals surface area contributed by atoms with Gasteiger partial charge in [0.15, 0.2) is 0 Å². The van der Waals surface area contributed by atoms with E-state index in [4.69, 9.17) is 0 Å². The van der Waals surface area contributed by atoms with Crippen molar-refractivity contribution < 1.29 is 0 Å². The van der Waals surface area contributed by atoms with Gasteiger partial charge in [0.25, 0.3) is 0 Å². The summed E-state index contributed by atoms with van der Waals surface area (Å²) >= 11 is 0. The van der Waals surface area contributed by atoms with Crippen molar-refractivity contribution in [1.82, 2.24) is 9.55 Å². The Kier molecular flexibility index (Phi) is 4.48. The molecule has 2 heterocycles. The molecule has 0 fully saturated rings. The third-order valence-corrected chi connectivity index (χ3v) is 5.17. The van der Waals surface area contributed by atoms with Crippen LogP contribution in [0.2, 0.25) is 0 Å². The highest BCUT2D eigenvalue weighted by molar-refractivity contribution is 5.65. The summed E-state index contributed by atoms with van der Waals surface area (Å²) in [5.74, 6) is 1.35. The lowest BCUT2D eigenvalue weighted by atomic mass is 10.1. The van der Waals surface area contributed by atoms with Crippen molar-refractivity contribution in [1.29, 1.82) is 0 Å². The monoisotopic (exact) mass is 358 g/mol. The van der Waals surface area contributed by atoms with Gasteiger partial charge in [-0.25, -0.2) is 4.98 Å². The first kappa shape index (κ1) is 17.4. The van der Waals surface area contributed by atoms with Crippen LogP contribution in [0.5, 0.6) is 0 Å². The number of rotatable bonds is 4. The number of aromatic nitrogens is 2. The van der Waals surface area contributed by atoms with E-state index in [-0.39, 0.29) is 6.17 Å². The zero-order chi connectivity index (χ0) is 19.0. The van der Waals surface area contributed by atoms with Gasteiger partial charge in [0.1, 0.15) is 6.17 Å². The van der Waals surface area contributed by atoms with Gasteiger partial charge in [0.2, 0.25) is 5.95 Å². The lowest BCUT2D eigenvalue weighted by Gasteiger charge is -2.35. The third-order valence-electron chi connectivity index (χ3n) is 5.17. The summed E-state index contributed by atoms with van der Waals surface area (Å²) in [5, 5.41) is 0. The van der Waals surface area contributed by atoms with Crippen molar-refractivity contribution in [3.63, 3.8) is 0 Å². The molecule has 1 aromatic heterocycles. The number of benzene rings is 2. The Hall–Kier alpha value is -3.01. The minimum absolute atomic E-state index is 0.0344. The number of aryl methyl sites for hydroxylation is 1. The molecule has 0 N–H and O–H groups in total. The molecule has 0 radical (unpaired) electrons. The molecule has 4 rings (SSSR count). The van der Waals surface area contributed by atoms with Gasteiger partial charge in [-0.3, -0.25) is 4.90 Å². The maximum absolute atomic E-state index is 4.67. The minimum atomic E-state index is 0.0344. The molecule has 0 saturated heterocycles. The second-order valence-electron chi connectivity index (χ2n) is 7.32. The Labute approximate surface area is 161 Å². The molecular formula is C23H26N4. The highest BCUT2D eigenvalue weighted by Gasteiger charge is 2.41. The van der Waals surface area contributed by atoms with Gasteiger partial charge in [-0.2, -0.15) is 0 Å². The summed E-state index contributed by atoms with van der Waals surface area (Å²) in [6, 6.07) is 21.3. The normalized spacial score (nSPS) is 17.3. The fourth-order valence-electron chi connectivity index (χ4n) is 4.07. The second kappa shape index (κ2) is 6.95. The van der Waals surface area contributed by atoms with Gasteiger partial charge in [0, 0.05) is 36.5 Å².